The molecule has 3 aromatic heterocycles. The number of anilines is 2. The summed E-state index contributed by atoms with van der Waals surface area (Å²) in [5.74, 6) is 0.938. The van der Waals surface area contributed by atoms with Gasteiger partial charge in [-0.1, -0.05) is 48.0 Å². The molecule has 0 unspecified atom stereocenters. The van der Waals surface area contributed by atoms with Gasteiger partial charge in [0.2, 0.25) is 0 Å². The van der Waals surface area contributed by atoms with Gasteiger partial charge >= 0.3 is 0 Å². The highest BCUT2D eigenvalue weighted by molar-refractivity contribution is 6.30. The molecule has 2 aromatic carbocycles. The summed E-state index contributed by atoms with van der Waals surface area (Å²) in [5.41, 5.74) is 7.17. The molecule has 4 heterocycles. The number of hydrogen-bond acceptors (Lipinski definition) is 4. The maximum atomic E-state index is 6.18. The third-order valence-electron chi connectivity index (χ3n) is 5.99. The lowest BCUT2D eigenvalue weighted by atomic mass is 10.0. The summed E-state index contributed by atoms with van der Waals surface area (Å²) >= 11 is 6.18. The van der Waals surface area contributed by atoms with Gasteiger partial charge in [-0.25, -0.2) is 14.6 Å². The Labute approximate surface area is 190 Å². The largest absolute Gasteiger partial charge is 0.325 e. The molecule has 1 aliphatic rings. The molecule has 0 atom stereocenters. The summed E-state index contributed by atoms with van der Waals surface area (Å²) in [6.45, 7) is 2.95. The number of para-hydroxylation sites is 1. The van der Waals surface area contributed by atoms with Crippen molar-refractivity contribution in [3.63, 3.8) is 0 Å². The zero-order chi connectivity index (χ0) is 21.7. The fraction of sp³-hybridized carbons (Fsp3) is 0.115. The second-order valence-corrected chi connectivity index (χ2v) is 8.35. The van der Waals surface area contributed by atoms with Crippen molar-refractivity contribution in [3.8, 4) is 16.9 Å². The van der Waals surface area contributed by atoms with E-state index in [-0.39, 0.29) is 0 Å². The summed E-state index contributed by atoms with van der Waals surface area (Å²) < 4.78 is 1.95. The fourth-order valence-corrected chi connectivity index (χ4v) is 4.64. The van der Waals surface area contributed by atoms with Crippen molar-refractivity contribution in [2.75, 3.05) is 11.4 Å². The first-order valence-corrected chi connectivity index (χ1v) is 11.0. The van der Waals surface area contributed by atoms with Crippen LogP contribution in [0.4, 0.5) is 11.5 Å². The third kappa shape index (κ3) is 2.97. The molecule has 32 heavy (non-hydrogen) atoms. The van der Waals surface area contributed by atoms with Crippen molar-refractivity contribution in [1.82, 2.24) is 19.7 Å². The van der Waals surface area contributed by atoms with E-state index >= 15 is 0 Å². The average Bonchev–Trinajstić information content (AvgIpc) is 3.43. The highest BCUT2D eigenvalue weighted by atomic mass is 35.5. The number of hydrogen-bond donors (Lipinski definition) is 0. The summed E-state index contributed by atoms with van der Waals surface area (Å²) in [7, 11) is 0. The van der Waals surface area contributed by atoms with E-state index in [1.807, 2.05) is 65.5 Å². The Balaban J connectivity index is 1.70. The predicted octanol–water partition coefficient (Wildman–Crippen LogP) is 6.14. The molecule has 0 radical (unpaired) electrons. The number of benzene rings is 2. The normalized spacial score (nSPS) is 13.0. The van der Waals surface area contributed by atoms with E-state index < -0.39 is 0 Å². The van der Waals surface area contributed by atoms with Crippen LogP contribution in [0.25, 0.3) is 28.0 Å². The highest BCUT2D eigenvalue weighted by Gasteiger charge is 2.30. The van der Waals surface area contributed by atoms with E-state index in [0.29, 0.717) is 5.02 Å². The van der Waals surface area contributed by atoms with Gasteiger partial charge < -0.3 is 4.90 Å². The van der Waals surface area contributed by atoms with Gasteiger partial charge in [0.25, 0.3) is 0 Å². The molecular weight excluding hydrogens is 418 g/mol. The number of nitrogens with zero attached hydrogens (tertiary/aromatic N) is 5. The van der Waals surface area contributed by atoms with Gasteiger partial charge in [0, 0.05) is 29.0 Å². The van der Waals surface area contributed by atoms with E-state index in [2.05, 4.69) is 35.0 Å². The average molecular weight is 438 g/mol. The van der Waals surface area contributed by atoms with Crippen LogP contribution in [0.2, 0.25) is 5.02 Å². The number of pyridine rings is 2. The van der Waals surface area contributed by atoms with E-state index in [4.69, 9.17) is 21.7 Å². The number of aryl methyl sites for hydroxylation is 1. The van der Waals surface area contributed by atoms with Crippen LogP contribution in [0.5, 0.6) is 0 Å². The van der Waals surface area contributed by atoms with Crippen LogP contribution in [0.3, 0.4) is 0 Å². The van der Waals surface area contributed by atoms with E-state index in [1.165, 1.54) is 5.56 Å². The van der Waals surface area contributed by atoms with Crippen LogP contribution in [0.15, 0.2) is 79.0 Å². The molecule has 0 saturated carbocycles. The third-order valence-corrected chi connectivity index (χ3v) is 6.25. The van der Waals surface area contributed by atoms with Gasteiger partial charge in [-0.3, -0.25) is 0 Å². The maximum Gasteiger partial charge on any atom is 0.165 e. The van der Waals surface area contributed by atoms with Crippen LogP contribution in [0, 0.1) is 6.92 Å². The van der Waals surface area contributed by atoms with Crippen molar-refractivity contribution >= 4 is 34.1 Å². The highest BCUT2D eigenvalue weighted by Crippen LogP contribution is 2.44. The lowest BCUT2D eigenvalue weighted by molar-refractivity contribution is 0.896. The minimum Gasteiger partial charge on any atom is -0.325 e. The molecule has 1 aliphatic heterocycles. The SMILES string of the molecule is Cc1nc2c(c(-c3ccc(Cl)cc3)nn2-c2ccccc2)c2c1CCN2c1ccccn1. The number of aromatic nitrogens is 4. The quantitative estimate of drug-likeness (QED) is 0.340. The first kappa shape index (κ1) is 19.0. The smallest absolute Gasteiger partial charge is 0.165 e. The predicted molar refractivity (Wildman–Crippen MR) is 129 cm³/mol. The topological polar surface area (TPSA) is 46.8 Å². The standard InChI is InChI=1S/C26H20ClN5/c1-17-21-14-16-31(22-9-5-6-15-28-22)25(21)23-24(18-10-12-19(27)13-11-18)30-32(26(23)29-17)20-7-3-2-4-8-20/h2-13,15H,14,16H2,1H3. The van der Waals surface area contributed by atoms with Gasteiger partial charge in [-0.05, 0) is 55.3 Å². The molecule has 0 fully saturated rings. The maximum absolute atomic E-state index is 6.18. The zero-order valence-electron chi connectivity index (χ0n) is 17.5. The fourth-order valence-electron chi connectivity index (χ4n) is 4.51. The van der Waals surface area contributed by atoms with Gasteiger partial charge in [0.1, 0.15) is 11.5 Å². The first-order chi connectivity index (χ1) is 15.7. The molecule has 0 saturated heterocycles. The lowest BCUT2D eigenvalue weighted by Gasteiger charge is -2.20. The summed E-state index contributed by atoms with van der Waals surface area (Å²) in [5, 5.41) is 6.82. The second kappa shape index (κ2) is 7.46. The van der Waals surface area contributed by atoms with Gasteiger partial charge in [0.15, 0.2) is 5.65 Å². The minimum absolute atomic E-state index is 0.704. The van der Waals surface area contributed by atoms with Crippen molar-refractivity contribution in [2.24, 2.45) is 0 Å². The Kier molecular flexibility index (Phi) is 4.44. The van der Waals surface area contributed by atoms with Crippen LogP contribution in [0.1, 0.15) is 11.3 Å². The Morgan fingerprint density at radius 3 is 2.44 bits per heavy atom. The molecule has 6 rings (SSSR count). The summed E-state index contributed by atoms with van der Waals surface area (Å²) in [4.78, 5) is 12.0. The molecule has 5 aromatic rings. The Morgan fingerprint density at radius 2 is 1.69 bits per heavy atom. The van der Waals surface area contributed by atoms with E-state index in [9.17, 15) is 0 Å². The van der Waals surface area contributed by atoms with E-state index in [0.717, 1.165) is 58.1 Å². The molecular formula is C26H20ClN5. The Hall–Kier alpha value is -3.70. The van der Waals surface area contributed by atoms with Gasteiger partial charge in [-0.15, -0.1) is 0 Å². The van der Waals surface area contributed by atoms with Gasteiger partial charge in [-0.2, -0.15) is 5.10 Å². The van der Waals surface area contributed by atoms with E-state index in [1.54, 1.807) is 0 Å². The number of halogens is 1. The molecule has 156 valence electrons. The van der Waals surface area contributed by atoms with Gasteiger partial charge in [0.05, 0.1) is 16.8 Å². The summed E-state index contributed by atoms with van der Waals surface area (Å²) in [6.07, 6.45) is 2.77. The van der Waals surface area contributed by atoms with Crippen molar-refractivity contribution in [2.45, 2.75) is 13.3 Å². The van der Waals surface area contributed by atoms with Crippen molar-refractivity contribution < 1.29 is 0 Å². The van der Waals surface area contributed by atoms with Crippen LogP contribution >= 0.6 is 11.6 Å². The monoisotopic (exact) mass is 437 g/mol. The van der Waals surface area contributed by atoms with Crippen LogP contribution in [-0.2, 0) is 6.42 Å². The van der Waals surface area contributed by atoms with Crippen molar-refractivity contribution in [3.05, 3.63) is 95.3 Å². The molecule has 6 heteroatoms. The molecule has 0 spiro atoms. The Bertz CT molecular complexity index is 1430. The minimum atomic E-state index is 0.704. The number of fused-ring (bicyclic) bond motifs is 3. The van der Waals surface area contributed by atoms with Crippen LogP contribution < -0.4 is 4.90 Å². The summed E-state index contributed by atoms with van der Waals surface area (Å²) in [6, 6.07) is 24.0. The molecule has 0 bridgehead atoms. The molecule has 0 amide bonds. The zero-order valence-corrected chi connectivity index (χ0v) is 18.3. The molecule has 0 aliphatic carbocycles. The molecule has 5 nitrogen and oxygen atoms in total. The molecule has 0 N–H and O–H groups in total. The van der Waals surface area contributed by atoms with Crippen molar-refractivity contribution in [1.29, 1.82) is 0 Å². The lowest BCUT2D eigenvalue weighted by Crippen LogP contribution is -2.15. The number of rotatable bonds is 3. The van der Waals surface area contributed by atoms with Crippen LogP contribution in [-0.4, -0.2) is 26.3 Å². The second-order valence-electron chi connectivity index (χ2n) is 7.92. The first-order valence-electron chi connectivity index (χ1n) is 10.6. The Morgan fingerprint density at radius 1 is 0.906 bits per heavy atom.